The molecule has 100 valence electrons. The number of pyridine rings is 1. The van der Waals surface area contributed by atoms with Crippen LogP contribution in [0.5, 0.6) is 0 Å². The van der Waals surface area contributed by atoms with E-state index in [0.717, 1.165) is 19.5 Å². The Morgan fingerprint density at radius 2 is 1.68 bits per heavy atom. The standard InChI is InChI=1S/C17H22N2/c1-4-5-18-10-15-9-17(12-19-11-15)16-7-13(2)6-14(3)8-16/h6-9,11-12,18H,4-5,10H2,1-3H3. The molecule has 1 aromatic heterocycles. The summed E-state index contributed by atoms with van der Waals surface area (Å²) >= 11 is 0. The number of aromatic nitrogens is 1. The Hall–Kier alpha value is -1.67. The van der Waals surface area contributed by atoms with Gasteiger partial charge < -0.3 is 5.32 Å². The van der Waals surface area contributed by atoms with Crippen LogP contribution in [0.4, 0.5) is 0 Å². The molecular weight excluding hydrogens is 232 g/mol. The van der Waals surface area contributed by atoms with Gasteiger partial charge in [-0.2, -0.15) is 0 Å². The number of rotatable bonds is 5. The van der Waals surface area contributed by atoms with Gasteiger partial charge >= 0.3 is 0 Å². The quantitative estimate of drug-likeness (QED) is 0.819. The predicted octanol–water partition coefficient (Wildman–Crippen LogP) is 3.87. The third-order valence-electron chi connectivity index (χ3n) is 3.11. The number of hydrogen-bond donors (Lipinski definition) is 1. The molecule has 1 aromatic carbocycles. The van der Waals surface area contributed by atoms with Crippen LogP contribution in [0.2, 0.25) is 0 Å². The van der Waals surface area contributed by atoms with Gasteiger partial charge in [-0.1, -0.05) is 36.2 Å². The molecule has 0 saturated carbocycles. The fraction of sp³-hybridized carbons (Fsp3) is 0.353. The number of nitrogens with one attached hydrogen (secondary N) is 1. The Balaban J connectivity index is 2.22. The number of nitrogens with zero attached hydrogens (tertiary/aromatic N) is 1. The van der Waals surface area contributed by atoms with Crippen LogP contribution < -0.4 is 5.32 Å². The van der Waals surface area contributed by atoms with E-state index < -0.39 is 0 Å². The molecule has 0 unspecified atom stereocenters. The minimum Gasteiger partial charge on any atom is -0.313 e. The highest BCUT2D eigenvalue weighted by Gasteiger charge is 2.02. The van der Waals surface area contributed by atoms with E-state index >= 15 is 0 Å². The molecule has 0 aliphatic carbocycles. The largest absolute Gasteiger partial charge is 0.313 e. The average molecular weight is 254 g/mol. The zero-order valence-corrected chi connectivity index (χ0v) is 12.0. The van der Waals surface area contributed by atoms with Gasteiger partial charge in [0.1, 0.15) is 0 Å². The second-order valence-electron chi connectivity index (χ2n) is 5.14. The highest BCUT2D eigenvalue weighted by atomic mass is 14.8. The van der Waals surface area contributed by atoms with E-state index in [1.807, 2.05) is 12.4 Å². The van der Waals surface area contributed by atoms with Crippen molar-refractivity contribution in [1.29, 1.82) is 0 Å². The van der Waals surface area contributed by atoms with Crippen molar-refractivity contribution in [3.63, 3.8) is 0 Å². The van der Waals surface area contributed by atoms with Gasteiger partial charge in [-0.05, 0) is 44.0 Å². The van der Waals surface area contributed by atoms with Crippen LogP contribution in [0.25, 0.3) is 11.1 Å². The Morgan fingerprint density at radius 3 is 2.37 bits per heavy atom. The molecule has 0 atom stereocenters. The maximum Gasteiger partial charge on any atom is 0.0346 e. The summed E-state index contributed by atoms with van der Waals surface area (Å²) in [6, 6.07) is 8.86. The summed E-state index contributed by atoms with van der Waals surface area (Å²) in [7, 11) is 0. The first-order valence-electron chi connectivity index (χ1n) is 6.92. The maximum atomic E-state index is 4.36. The van der Waals surface area contributed by atoms with Crippen LogP contribution in [-0.2, 0) is 6.54 Å². The van der Waals surface area contributed by atoms with Crippen molar-refractivity contribution in [2.24, 2.45) is 0 Å². The van der Waals surface area contributed by atoms with Crippen molar-refractivity contribution >= 4 is 0 Å². The molecule has 0 amide bonds. The van der Waals surface area contributed by atoms with Gasteiger partial charge in [0.25, 0.3) is 0 Å². The zero-order chi connectivity index (χ0) is 13.7. The van der Waals surface area contributed by atoms with Crippen molar-refractivity contribution in [2.45, 2.75) is 33.7 Å². The normalized spacial score (nSPS) is 10.7. The van der Waals surface area contributed by atoms with Crippen LogP contribution in [-0.4, -0.2) is 11.5 Å². The summed E-state index contributed by atoms with van der Waals surface area (Å²) in [4.78, 5) is 4.36. The summed E-state index contributed by atoms with van der Waals surface area (Å²) in [6.07, 6.45) is 5.04. The summed E-state index contributed by atoms with van der Waals surface area (Å²) in [5.41, 5.74) is 6.28. The maximum absolute atomic E-state index is 4.36. The molecule has 1 N–H and O–H groups in total. The fourth-order valence-electron chi connectivity index (χ4n) is 2.29. The minimum absolute atomic E-state index is 0.888. The average Bonchev–Trinajstić information content (AvgIpc) is 2.38. The Bertz CT molecular complexity index is 526. The molecule has 19 heavy (non-hydrogen) atoms. The third kappa shape index (κ3) is 3.90. The van der Waals surface area contributed by atoms with Crippen molar-refractivity contribution in [1.82, 2.24) is 10.3 Å². The molecule has 0 aliphatic rings. The minimum atomic E-state index is 0.888. The molecule has 0 bridgehead atoms. The van der Waals surface area contributed by atoms with Gasteiger partial charge in [-0.15, -0.1) is 0 Å². The topological polar surface area (TPSA) is 24.9 Å². The molecule has 0 aliphatic heterocycles. The van der Waals surface area contributed by atoms with Gasteiger partial charge in [-0.3, -0.25) is 4.98 Å². The Kier molecular flexibility index (Phi) is 4.69. The summed E-state index contributed by atoms with van der Waals surface area (Å²) in [5, 5.41) is 3.41. The predicted molar refractivity (Wildman–Crippen MR) is 81.1 cm³/mol. The van der Waals surface area contributed by atoms with E-state index in [-0.39, 0.29) is 0 Å². The molecule has 2 rings (SSSR count). The van der Waals surface area contributed by atoms with Crippen molar-refractivity contribution in [3.05, 3.63) is 53.3 Å². The van der Waals surface area contributed by atoms with E-state index in [0.29, 0.717) is 0 Å². The lowest BCUT2D eigenvalue weighted by atomic mass is 10.0. The van der Waals surface area contributed by atoms with Crippen molar-refractivity contribution in [3.8, 4) is 11.1 Å². The first kappa shape index (κ1) is 13.8. The van der Waals surface area contributed by atoms with E-state index in [1.54, 1.807) is 0 Å². The van der Waals surface area contributed by atoms with Gasteiger partial charge in [0.15, 0.2) is 0 Å². The summed E-state index contributed by atoms with van der Waals surface area (Å²) in [5.74, 6) is 0. The smallest absolute Gasteiger partial charge is 0.0346 e. The van der Waals surface area contributed by atoms with Crippen molar-refractivity contribution < 1.29 is 0 Å². The third-order valence-corrected chi connectivity index (χ3v) is 3.11. The monoisotopic (exact) mass is 254 g/mol. The van der Waals surface area contributed by atoms with Crippen LogP contribution in [0.15, 0.2) is 36.7 Å². The van der Waals surface area contributed by atoms with Gasteiger partial charge in [-0.25, -0.2) is 0 Å². The van der Waals surface area contributed by atoms with E-state index in [4.69, 9.17) is 0 Å². The molecular formula is C17H22N2. The van der Waals surface area contributed by atoms with Crippen molar-refractivity contribution in [2.75, 3.05) is 6.54 Å². The SMILES string of the molecule is CCCNCc1cncc(-c2cc(C)cc(C)c2)c1. The van der Waals surface area contributed by atoms with Crippen LogP contribution in [0.1, 0.15) is 30.0 Å². The van der Waals surface area contributed by atoms with Crippen LogP contribution in [0, 0.1) is 13.8 Å². The highest BCUT2D eigenvalue weighted by molar-refractivity contribution is 5.64. The zero-order valence-electron chi connectivity index (χ0n) is 12.0. The first-order valence-corrected chi connectivity index (χ1v) is 6.92. The van der Waals surface area contributed by atoms with Crippen LogP contribution in [0.3, 0.4) is 0 Å². The summed E-state index contributed by atoms with van der Waals surface area (Å²) in [6.45, 7) is 8.39. The van der Waals surface area contributed by atoms with Gasteiger partial charge in [0.05, 0.1) is 0 Å². The number of benzene rings is 1. The molecule has 0 spiro atoms. The molecule has 1 heterocycles. The highest BCUT2D eigenvalue weighted by Crippen LogP contribution is 2.22. The number of aryl methyl sites for hydroxylation is 2. The lowest BCUT2D eigenvalue weighted by Gasteiger charge is -2.08. The van der Waals surface area contributed by atoms with E-state index in [9.17, 15) is 0 Å². The lowest BCUT2D eigenvalue weighted by Crippen LogP contribution is -2.13. The van der Waals surface area contributed by atoms with Gasteiger partial charge in [0.2, 0.25) is 0 Å². The molecule has 0 fully saturated rings. The lowest BCUT2D eigenvalue weighted by molar-refractivity contribution is 0.674. The van der Waals surface area contributed by atoms with E-state index in [1.165, 1.54) is 27.8 Å². The van der Waals surface area contributed by atoms with Crippen LogP contribution >= 0.6 is 0 Å². The summed E-state index contributed by atoms with van der Waals surface area (Å²) < 4.78 is 0. The van der Waals surface area contributed by atoms with E-state index in [2.05, 4.69) is 55.3 Å². The Morgan fingerprint density at radius 1 is 0.947 bits per heavy atom. The number of hydrogen-bond acceptors (Lipinski definition) is 2. The second-order valence-corrected chi connectivity index (χ2v) is 5.14. The molecule has 0 radical (unpaired) electrons. The first-order chi connectivity index (χ1) is 9.19. The molecule has 2 heteroatoms. The molecule has 2 nitrogen and oxygen atoms in total. The Labute approximate surface area is 115 Å². The van der Waals surface area contributed by atoms with Gasteiger partial charge in [0, 0.05) is 24.5 Å². The molecule has 2 aromatic rings. The fourth-order valence-corrected chi connectivity index (χ4v) is 2.29. The molecule has 0 saturated heterocycles. The second kappa shape index (κ2) is 6.48.